The predicted octanol–water partition coefficient (Wildman–Crippen LogP) is 12.6. The van der Waals surface area contributed by atoms with Crippen LogP contribution < -0.4 is 0 Å². The Kier molecular flexibility index (Phi) is 3.87. The topological polar surface area (TPSA) is 13.1 Å². The van der Waals surface area contributed by atoms with E-state index in [4.69, 9.17) is 16.8 Å². The predicted molar refractivity (Wildman–Crippen MR) is 190 cm³/mol. The molecule has 0 unspecified atom stereocenters. The highest BCUT2D eigenvalue weighted by atomic mass is 16.3. The van der Waals surface area contributed by atoms with Gasteiger partial charge >= 0.3 is 0 Å². The van der Waals surface area contributed by atoms with Crippen molar-refractivity contribution in [2.75, 3.05) is 0 Å². The van der Waals surface area contributed by atoms with Crippen LogP contribution in [0.4, 0.5) is 0 Å². The summed E-state index contributed by atoms with van der Waals surface area (Å²) in [5, 5.41) is 3.28. The van der Waals surface area contributed by atoms with E-state index in [-0.39, 0.29) is 63.8 Å². The summed E-state index contributed by atoms with van der Waals surface area (Å²) in [6.07, 6.45) is 0. The van der Waals surface area contributed by atoms with Gasteiger partial charge in [0.05, 0.1) is 15.1 Å². The van der Waals surface area contributed by atoms with Gasteiger partial charge in [-0.25, -0.2) is 0 Å². The van der Waals surface area contributed by atoms with E-state index in [1.807, 2.05) is 91.0 Å². The lowest BCUT2D eigenvalue weighted by Crippen LogP contribution is -1.93. The second kappa shape index (κ2) is 10.4. The molecule has 8 aromatic carbocycles. The Morgan fingerprint density at radius 2 is 0.978 bits per heavy atom. The van der Waals surface area contributed by atoms with Gasteiger partial charge in [0.15, 0.2) is 0 Å². The van der Waals surface area contributed by atoms with E-state index in [1.165, 1.54) is 0 Å². The lowest BCUT2D eigenvalue weighted by atomic mass is 9.83. The summed E-state index contributed by atoms with van der Waals surface area (Å²) in [5.74, 6) is 0. The van der Waals surface area contributed by atoms with E-state index >= 15 is 0 Å². The number of hydrogen-bond acceptors (Lipinski definition) is 1. The molecule has 1 nitrogen and oxygen atoms in total. The molecule has 1 aromatic heterocycles. The van der Waals surface area contributed by atoms with Crippen LogP contribution in [0.5, 0.6) is 0 Å². The van der Waals surface area contributed by atoms with Gasteiger partial charge in [0.1, 0.15) is 11.2 Å². The Hall–Kier alpha value is -5.92. The average molecular weight is 584 g/mol. The molecular weight excluding hydrogens is 544 g/mol. The summed E-state index contributed by atoms with van der Waals surface area (Å²) in [5.41, 5.74) is 4.39. The van der Waals surface area contributed by atoms with Gasteiger partial charge in [0, 0.05) is 16.3 Å². The lowest BCUT2D eigenvalue weighted by Gasteiger charge is -2.20. The van der Waals surface area contributed by atoms with Crippen LogP contribution in [0.3, 0.4) is 0 Å². The maximum Gasteiger partial charge on any atom is 0.143 e. The third-order valence-electron chi connectivity index (χ3n) is 8.31. The molecule has 0 saturated heterocycles. The third-order valence-corrected chi connectivity index (χ3v) is 8.31. The first-order chi connectivity index (χ1) is 26.9. The Bertz CT molecular complexity index is 3070. The average Bonchev–Trinajstić information content (AvgIpc) is 3.62. The van der Waals surface area contributed by atoms with Gasteiger partial charge < -0.3 is 4.42 Å². The Morgan fingerprint density at radius 1 is 0.378 bits per heavy atom. The fraction of sp³-hybridized carbons (Fsp3) is 0. The molecule has 0 aliphatic rings. The number of fused-ring (bicyclic) bond motifs is 5. The van der Waals surface area contributed by atoms with Crippen molar-refractivity contribution in [3.8, 4) is 44.5 Å². The van der Waals surface area contributed by atoms with E-state index in [0.717, 1.165) is 32.7 Å². The molecule has 0 bridgehead atoms. The summed E-state index contributed by atoms with van der Waals surface area (Å²) in [6.45, 7) is 0. The minimum atomic E-state index is -0.463. The van der Waals surface area contributed by atoms with E-state index in [9.17, 15) is 2.74 Å². The number of hydrogen-bond donors (Lipinski definition) is 0. The Balaban J connectivity index is 1.43. The normalized spacial score (nSPS) is 15.0. The molecule has 0 radical (unpaired) electrons. The molecule has 45 heavy (non-hydrogen) atoms. The first kappa shape index (κ1) is 16.8. The van der Waals surface area contributed by atoms with E-state index in [1.54, 1.807) is 12.1 Å². The highest BCUT2D eigenvalue weighted by Crippen LogP contribution is 2.49. The van der Waals surface area contributed by atoms with Crippen LogP contribution in [0.1, 0.15) is 15.1 Å². The van der Waals surface area contributed by atoms with Crippen LogP contribution in [0.2, 0.25) is 0 Å². The highest BCUT2D eigenvalue weighted by Gasteiger charge is 2.22. The standard InChI is InChI=1S/C44H28O/c1-3-14-29(15-4-1)31-18-13-19-32(28-31)41-34-21-7-9-23-36(34)43(37-24-10-8-22-35(37)41)39-27-26-38-33-20-11-12-25-40(33)45-44(38)42(39)30-16-5-2-6-17-30/h1-28H/i1D,3D,4D,11D,12D,14D,15D,20D,25D,26D,27D. The van der Waals surface area contributed by atoms with Crippen molar-refractivity contribution in [1.29, 1.82) is 0 Å². The summed E-state index contributed by atoms with van der Waals surface area (Å²) in [7, 11) is 0. The molecule has 0 fully saturated rings. The SMILES string of the molecule is [2H]c1c([2H])c([2H])c(-c2cccc(-c3c4ccccc4c(-c4c([2H])c([2H])c5c(oc6c([2H])c([2H])c([2H])c([2H])c65)c4-c4ccccc4)c4ccccc34)c2)c([2H])c1[2H]. The second-order valence-electron chi connectivity index (χ2n) is 10.8. The molecule has 0 N–H and O–H groups in total. The monoisotopic (exact) mass is 583 g/mol. The van der Waals surface area contributed by atoms with Crippen molar-refractivity contribution >= 4 is 43.5 Å². The zero-order chi connectivity index (χ0) is 39.3. The van der Waals surface area contributed by atoms with E-state index in [2.05, 4.69) is 0 Å². The van der Waals surface area contributed by atoms with Crippen LogP contribution in [-0.2, 0) is 0 Å². The molecule has 0 aliphatic heterocycles. The van der Waals surface area contributed by atoms with Crippen LogP contribution in [0.15, 0.2) is 174 Å². The largest absolute Gasteiger partial charge is 0.455 e. The van der Waals surface area contributed by atoms with Crippen LogP contribution >= 0.6 is 0 Å². The van der Waals surface area contributed by atoms with Crippen molar-refractivity contribution < 1.29 is 19.5 Å². The van der Waals surface area contributed by atoms with Crippen LogP contribution in [0, 0.1) is 0 Å². The first-order valence-corrected chi connectivity index (χ1v) is 14.5. The van der Waals surface area contributed by atoms with Gasteiger partial charge in [-0.1, -0.05) is 151 Å². The van der Waals surface area contributed by atoms with E-state index < -0.39 is 30.2 Å². The zero-order valence-electron chi connectivity index (χ0n) is 34.7. The maximum atomic E-state index is 9.72. The quantitative estimate of drug-likeness (QED) is 0.188. The lowest BCUT2D eigenvalue weighted by molar-refractivity contribution is 0.670. The maximum absolute atomic E-state index is 9.72. The molecule has 0 amide bonds. The van der Waals surface area contributed by atoms with Crippen molar-refractivity contribution in [3.05, 3.63) is 170 Å². The molecule has 9 aromatic rings. The first-order valence-electron chi connectivity index (χ1n) is 20.0. The van der Waals surface area contributed by atoms with Crippen molar-refractivity contribution in [2.45, 2.75) is 0 Å². The summed E-state index contributed by atoms with van der Waals surface area (Å²) < 4.78 is 102. The highest BCUT2D eigenvalue weighted by molar-refractivity contribution is 6.24. The van der Waals surface area contributed by atoms with Gasteiger partial charge in [-0.05, 0) is 78.6 Å². The molecule has 210 valence electrons. The second-order valence-corrected chi connectivity index (χ2v) is 10.8. The summed E-state index contributed by atoms with van der Waals surface area (Å²) in [4.78, 5) is 0. The minimum Gasteiger partial charge on any atom is -0.455 e. The Morgan fingerprint density at radius 3 is 1.71 bits per heavy atom. The van der Waals surface area contributed by atoms with Gasteiger partial charge in [-0.3, -0.25) is 0 Å². The third kappa shape index (κ3) is 4.09. The van der Waals surface area contributed by atoms with Gasteiger partial charge in [-0.2, -0.15) is 0 Å². The molecule has 0 aliphatic carbocycles. The minimum absolute atomic E-state index is 0.0530. The van der Waals surface area contributed by atoms with Gasteiger partial charge in [-0.15, -0.1) is 0 Å². The number of benzene rings is 8. The number of para-hydroxylation sites is 1. The van der Waals surface area contributed by atoms with Gasteiger partial charge in [0.2, 0.25) is 0 Å². The smallest absolute Gasteiger partial charge is 0.143 e. The van der Waals surface area contributed by atoms with Crippen LogP contribution in [0.25, 0.3) is 88.0 Å². The zero-order valence-corrected chi connectivity index (χ0v) is 23.7. The summed E-state index contributed by atoms with van der Waals surface area (Å²) in [6, 6.07) is 28.1. The van der Waals surface area contributed by atoms with Gasteiger partial charge in [0.25, 0.3) is 0 Å². The number of rotatable bonds is 4. The fourth-order valence-electron chi connectivity index (χ4n) is 6.42. The molecule has 9 rings (SSSR count). The van der Waals surface area contributed by atoms with Crippen LogP contribution in [-0.4, -0.2) is 0 Å². The molecular formula is C44H28O. The number of furan rings is 1. The molecule has 0 atom stereocenters. The van der Waals surface area contributed by atoms with E-state index in [0.29, 0.717) is 27.8 Å². The van der Waals surface area contributed by atoms with Crippen molar-refractivity contribution in [3.63, 3.8) is 0 Å². The van der Waals surface area contributed by atoms with Crippen molar-refractivity contribution in [1.82, 2.24) is 0 Å². The molecule has 1 heteroatoms. The molecule has 1 heterocycles. The molecule has 0 saturated carbocycles. The van der Waals surface area contributed by atoms with Crippen molar-refractivity contribution in [2.24, 2.45) is 0 Å². The Labute approximate surface area is 277 Å². The summed E-state index contributed by atoms with van der Waals surface area (Å²) >= 11 is 0. The molecule has 0 spiro atoms. The fourth-order valence-corrected chi connectivity index (χ4v) is 6.42.